The molecule has 0 radical (unpaired) electrons. The molecule has 4 heteroatoms. The lowest BCUT2D eigenvalue weighted by Gasteiger charge is -2.15. The molecule has 1 aromatic heterocycles. The van der Waals surface area contributed by atoms with Crippen LogP contribution in [0, 0.1) is 0 Å². The largest absolute Gasteiger partial charge is 0.334 e. The summed E-state index contributed by atoms with van der Waals surface area (Å²) >= 11 is 0. The third-order valence-electron chi connectivity index (χ3n) is 2.67. The molecule has 4 nitrogen and oxygen atoms in total. The molecule has 0 aliphatic carbocycles. The molecule has 1 heterocycles. The molecule has 0 unspecified atom stereocenters. The second kappa shape index (κ2) is 4.63. The number of aryl methyl sites for hydroxylation is 1. The van der Waals surface area contributed by atoms with Gasteiger partial charge in [0.15, 0.2) is 0 Å². The summed E-state index contributed by atoms with van der Waals surface area (Å²) in [4.78, 5) is 6.59. The SMILES string of the molecule is CNCN(C)Cc1ccc2c(c1)ncn2C. The van der Waals surface area contributed by atoms with Crippen LogP contribution in [0.4, 0.5) is 0 Å². The molecular weight excluding hydrogens is 200 g/mol. The quantitative estimate of drug-likeness (QED) is 0.782. The molecule has 1 aromatic carbocycles. The maximum Gasteiger partial charge on any atom is 0.0955 e. The van der Waals surface area contributed by atoms with Crippen LogP contribution in [0.25, 0.3) is 11.0 Å². The summed E-state index contributed by atoms with van der Waals surface area (Å²) in [5.74, 6) is 0. The standard InChI is InChI=1S/C12H18N4/c1-13-8-15(2)7-10-4-5-12-11(6-10)14-9-16(12)3/h4-6,9,13H,7-8H2,1-3H3. The number of benzene rings is 1. The van der Waals surface area contributed by atoms with E-state index in [2.05, 4.69) is 40.4 Å². The average Bonchev–Trinajstić information content (AvgIpc) is 2.60. The van der Waals surface area contributed by atoms with E-state index in [0.717, 1.165) is 18.7 Å². The Bertz CT molecular complexity index is 475. The summed E-state index contributed by atoms with van der Waals surface area (Å²) in [6.07, 6.45) is 1.85. The van der Waals surface area contributed by atoms with Gasteiger partial charge >= 0.3 is 0 Å². The fourth-order valence-corrected chi connectivity index (χ4v) is 1.92. The summed E-state index contributed by atoms with van der Waals surface area (Å²) < 4.78 is 2.04. The molecule has 1 N–H and O–H groups in total. The zero-order valence-corrected chi connectivity index (χ0v) is 10.1. The lowest BCUT2D eigenvalue weighted by atomic mass is 10.2. The zero-order chi connectivity index (χ0) is 11.5. The highest BCUT2D eigenvalue weighted by atomic mass is 15.2. The number of rotatable bonds is 4. The van der Waals surface area contributed by atoms with Gasteiger partial charge in [-0.05, 0) is 31.8 Å². The summed E-state index contributed by atoms with van der Waals surface area (Å²) in [6, 6.07) is 6.45. The Morgan fingerprint density at radius 1 is 1.44 bits per heavy atom. The third-order valence-corrected chi connectivity index (χ3v) is 2.67. The van der Waals surface area contributed by atoms with Crippen LogP contribution >= 0.6 is 0 Å². The first-order valence-electron chi connectivity index (χ1n) is 5.44. The molecule has 0 aliphatic rings. The predicted octanol–water partition coefficient (Wildman–Crippen LogP) is 1.18. The Hall–Kier alpha value is -1.39. The fourth-order valence-electron chi connectivity index (χ4n) is 1.92. The van der Waals surface area contributed by atoms with Crippen molar-refractivity contribution in [1.29, 1.82) is 0 Å². The van der Waals surface area contributed by atoms with Gasteiger partial charge in [-0.1, -0.05) is 6.07 Å². The van der Waals surface area contributed by atoms with E-state index in [9.17, 15) is 0 Å². The molecule has 0 fully saturated rings. The van der Waals surface area contributed by atoms with E-state index in [1.807, 2.05) is 25.0 Å². The van der Waals surface area contributed by atoms with Gasteiger partial charge in [-0.2, -0.15) is 0 Å². The van der Waals surface area contributed by atoms with E-state index in [0.29, 0.717) is 0 Å². The smallest absolute Gasteiger partial charge is 0.0955 e. The lowest BCUT2D eigenvalue weighted by molar-refractivity contribution is 0.310. The number of hydrogen-bond acceptors (Lipinski definition) is 3. The summed E-state index contributed by atoms with van der Waals surface area (Å²) in [5, 5.41) is 3.14. The number of imidazole rings is 1. The highest BCUT2D eigenvalue weighted by Gasteiger charge is 2.03. The van der Waals surface area contributed by atoms with Crippen LogP contribution in [0.3, 0.4) is 0 Å². The van der Waals surface area contributed by atoms with Crippen molar-refractivity contribution in [3.63, 3.8) is 0 Å². The van der Waals surface area contributed by atoms with Crippen molar-refractivity contribution in [3.8, 4) is 0 Å². The molecule has 0 spiro atoms. The molecule has 16 heavy (non-hydrogen) atoms. The Morgan fingerprint density at radius 2 is 2.25 bits per heavy atom. The number of nitrogens with zero attached hydrogens (tertiary/aromatic N) is 3. The van der Waals surface area contributed by atoms with E-state index < -0.39 is 0 Å². The topological polar surface area (TPSA) is 33.1 Å². The molecule has 2 rings (SSSR count). The summed E-state index contributed by atoms with van der Waals surface area (Å²) in [5.41, 5.74) is 3.54. The van der Waals surface area contributed by atoms with Gasteiger partial charge in [-0.3, -0.25) is 4.90 Å². The molecule has 0 saturated carbocycles. The van der Waals surface area contributed by atoms with Crippen LogP contribution in [0.5, 0.6) is 0 Å². The first-order chi connectivity index (χ1) is 7.70. The average molecular weight is 218 g/mol. The van der Waals surface area contributed by atoms with Gasteiger partial charge in [0.05, 0.1) is 17.4 Å². The molecular formula is C12H18N4. The number of aromatic nitrogens is 2. The van der Waals surface area contributed by atoms with E-state index in [4.69, 9.17) is 0 Å². The Balaban J connectivity index is 2.19. The fraction of sp³-hybridized carbons (Fsp3) is 0.417. The van der Waals surface area contributed by atoms with Gasteiger partial charge in [0.1, 0.15) is 0 Å². The van der Waals surface area contributed by atoms with Crippen LogP contribution in [-0.2, 0) is 13.6 Å². The van der Waals surface area contributed by atoms with E-state index in [-0.39, 0.29) is 0 Å². The van der Waals surface area contributed by atoms with Crippen molar-refractivity contribution in [1.82, 2.24) is 19.8 Å². The van der Waals surface area contributed by atoms with Gasteiger partial charge in [0, 0.05) is 20.3 Å². The van der Waals surface area contributed by atoms with Gasteiger partial charge in [0.25, 0.3) is 0 Å². The second-order valence-corrected chi connectivity index (χ2v) is 4.20. The van der Waals surface area contributed by atoms with E-state index in [1.165, 1.54) is 11.1 Å². The lowest BCUT2D eigenvalue weighted by Crippen LogP contribution is -2.27. The van der Waals surface area contributed by atoms with Crippen LogP contribution < -0.4 is 5.32 Å². The van der Waals surface area contributed by atoms with Crippen molar-refractivity contribution in [2.24, 2.45) is 7.05 Å². The third kappa shape index (κ3) is 2.23. The van der Waals surface area contributed by atoms with Crippen molar-refractivity contribution in [2.45, 2.75) is 6.54 Å². The van der Waals surface area contributed by atoms with E-state index in [1.54, 1.807) is 0 Å². The van der Waals surface area contributed by atoms with Crippen molar-refractivity contribution in [3.05, 3.63) is 30.1 Å². The highest BCUT2D eigenvalue weighted by molar-refractivity contribution is 5.75. The van der Waals surface area contributed by atoms with Gasteiger partial charge in [-0.15, -0.1) is 0 Å². The highest BCUT2D eigenvalue weighted by Crippen LogP contribution is 2.14. The summed E-state index contributed by atoms with van der Waals surface area (Å²) in [6.45, 7) is 1.83. The Labute approximate surface area is 95.9 Å². The normalized spacial score (nSPS) is 11.5. The molecule has 86 valence electrons. The first-order valence-corrected chi connectivity index (χ1v) is 5.44. The molecule has 0 saturated heterocycles. The van der Waals surface area contributed by atoms with Crippen LogP contribution in [0.2, 0.25) is 0 Å². The van der Waals surface area contributed by atoms with Gasteiger partial charge in [-0.25, -0.2) is 4.98 Å². The van der Waals surface area contributed by atoms with Crippen LogP contribution in [0.15, 0.2) is 24.5 Å². The van der Waals surface area contributed by atoms with Gasteiger partial charge < -0.3 is 9.88 Å². The van der Waals surface area contributed by atoms with Gasteiger partial charge in [0.2, 0.25) is 0 Å². The zero-order valence-electron chi connectivity index (χ0n) is 10.1. The van der Waals surface area contributed by atoms with Crippen molar-refractivity contribution >= 4 is 11.0 Å². The second-order valence-electron chi connectivity index (χ2n) is 4.20. The number of fused-ring (bicyclic) bond motifs is 1. The Kier molecular flexibility index (Phi) is 3.22. The minimum atomic E-state index is 0.889. The maximum absolute atomic E-state index is 4.36. The van der Waals surface area contributed by atoms with Crippen molar-refractivity contribution in [2.75, 3.05) is 20.8 Å². The Morgan fingerprint density at radius 3 is 3.00 bits per heavy atom. The van der Waals surface area contributed by atoms with Crippen LogP contribution in [0.1, 0.15) is 5.56 Å². The molecule has 2 aromatic rings. The molecule has 0 bridgehead atoms. The molecule has 0 aliphatic heterocycles. The predicted molar refractivity (Wildman–Crippen MR) is 66.1 cm³/mol. The minimum Gasteiger partial charge on any atom is -0.334 e. The van der Waals surface area contributed by atoms with Crippen LogP contribution in [-0.4, -0.2) is 35.2 Å². The summed E-state index contributed by atoms with van der Waals surface area (Å²) in [7, 11) is 6.07. The maximum atomic E-state index is 4.36. The minimum absolute atomic E-state index is 0.889. The molecule has 0 atom stereocenters. The first kappa shape index (κ1) is 11.1. The monoisotopic (exact) mass is 218 g/mol. The number of hydrogen-bond donors (Lipinski definition) is 1. The number of nitrogens with one attached hydrogen (secondary N) is 1. The van der Waals surface area contributed by atoms with E-state index >= 15 is 0 Å². The molecule has 0 amide bonds. The van der Waals surface area contributed by atoms with Crippen molar-refractivity contribution < 1.29 is 0 Å².